The third-order valence-electron chi connectivity index (χ3n) is 7.34. The van der Waals surface area contributed by atoms with E-state index in [1.165, 1.54) is 0 Å². The third kappa shape index (κ3) is 4.04. The van der Waals surface area contributed by atoms with E-state index in [1.807, 2.05) is 61.5 Å². The molecule has 0 saturated carbocycles. The van der Waals surface area contributed by atoms with Crippen LogP contribution in [-0.2, 0) is 4.79 Å². The van der Waals surface area contributed by atoms with Crippen LogP contribution in [0.4, 0.5) is 5.69 Å². The van der Waals surface area contributed by atoms with E-state index in [-0.39, 0.29) is 24.4 Å². The van der Waals surface area contributed by atoms with Crippen molar-refractivity contribution in [3.8, 4) is 28.7 Å². The number of hydrogen-bond acceptors (Lipinski definition) is 7. The molecule has 2 atom stereocenters. The zero-order chi connectivity index (χ0) is 25.5. The number of hydrogen-bond donors (Lipinski definition) is 1. The van der Waals surface area contributed by atoms with Gasteiger partial charge in [0.25, 0.3) is 0 Å². The quantitative estimate of drug-likeness (QED) is 0.460. The number of carbonyl (C=O) groups is 1. The number of nitrogens with one attached hydrogen (secondary N) is 1. The maximum Gasteiger partial charge on any atom is 0.231 e. The predicted octanol–water partition coefficient (Wildman–Crippen LogP) is 5.79. The highest BCUT2D eigenvalue weighted by Crippen LogP contribution is 2.51. The summed E-state index contributed by atoms with van der Waals surface area (Å²) in [6.45, 7) is 2.76. The molecule has 2 aliphatic heterocycles. The van der Waals surface area contributed by atoms with Gasteiger partial charge in [0, 0.05) is 35.4 Å². The van der Waals surface area contributed by atoms with Crippen LogP contribution < -0.4 is 29.0 Å². The molecule has 3 aliphatic rings. The molecular formula is C30H29NO6. The smallest absolute Gasteiger partial charge is 0.231 e. The van der Waals surface area contributed by atoms with E-state index in [0.717, 1.165) is 39.4 Å². The Kier molecular flexibility index (Phi) is 5.91. The molecule has 0 saturated heterocycles. The zero-order valence-corrected chi connectivity index (χ0v) is 21.1. The van der Waals surface area contributed by atoms with Crippen molar-refractivity contribution in [2.75, 3.05) is 32.9 Å². The number of anilines is 1. The molecule has 1 N–H and O–H groups in total. The second-order valence-electron chi connectivity index (χ2n) is 9.39. The van der Waals surface area contributed by atoms with Gasteiger partial charge in [-0.3, -0.25) is 4.79 Å². The summed E-state index contributed by atoms with van der Waals surface area (Å²) >= 11 is 0. The van der Waals surface area contributed by atoms with E-state index < -0.39 is 0 Å². The second kappa shape index (κ2) is 9.39. The first-order chi connectivity index (χ1) is 18.1. The largest absolute Gasteiger partial charge is 0.494 e. The van der Waals surface area contributed by atoms with Crippen LogP contribution in [0.15, 0.2) is 65.9 Å². The fourth-order valence-electron chi connectivity index (χ4n) is 5.62. The van der Waals surface area contributed by atoms with Gasteiger partial charge in [-0.05, 0) is 66.3 Å². The molecule has 2 heterocycles. The summed E-state index contributed by atoms with van der Waals surface area (Å²) in [6.07, 6.45) is 1.13. The standard InChI is InChI=1S/C30H29NO6/c1-4-35-20-8-5-17(6-9-20)29-21-14-27-28(37-16-36-27)15-22(21)31-23-11-19(12-24(32)30(23)29)18-7-10-25(33-2)26(13-18)34-3/h5-10,13-15,19,29,31H,4,11-12,16H2,1-3H3/t19-,29-/m0/s1. The topological polar surface area (TPSA) is 75.3 Å². The van der Waals surface area contributed by atoms with Crippen LogP contribution >= 0.6 is 0 Å². The third-order valence-corrected chi connectivity index (χ3v) is 7.34. The Labute approximate surface area is 215 Å². The molecule has 0 bridgehead atoms. The van der Waals surface area contributed by atoms with Crippen LogP contribution in [0.2, 0.25) is 0 Å². The zero-order valence-electron chi connectivity index (χ0n) is 21.1. The first-order valence-electron chi connectivity index (χ1n) is 12.5. The fourth-order valence-corrected chi connectivity index (χ4v) is 5.62. The molecule has 7 nitrogen and oxygen atoms in total. The Hall–Kier alpha value is -4.13. The van der Waals surface area contributed by atoms with Gasteiger partial charge in [-0.15, -0.1) is 0 Å². The lowest BCUT2D eigenvalue weighted by molar-refractivity contribution is -0.116. The summed E-state index contributed by atoms with van der Waals surface area (Å²) in [5, 5.41) is 3.58. The number of ketones is 1. The van der Waals surface area contributed by atoms with Crippen LogP contribution in [0.25, 0.3) is 0 Å². The van der Waals surface area contributed by atoms with E-state index in [1.54, 1.807) is 14.2 Å². The van der Waals surface area contributed by atoms with Gasteiger partial charge < -0.3 is 29.0 Å². The Balaban J connectivity index is 1.43. The normalized spacial score (nSPS) is 19.6. The maximum absolute atomic E-state index is 13.9. The van der Waals surface area contributed by atoms with Gasteiger partial charge in [0.2, 0.25) is 6.79 Å². The molecule has 0 fully saturated rings. The van der Waals surface area contributed by atoms with Crippen molar-refractivity contribution in [3.63, 3.8) is 0 Å². The highest BCUT2D eigenvalue weighted by Gasteiger charge is 2.39. The van der Waals surface area contributed by atoms with Crippen LogP contribution in [0.5, 0.6) is 28.7 Å². The first-order valence-corrected chi connectivity index (χ1v) is 12.5. The fraction of sp³-hybridized carbons (Fsp3) is 0.300. The summed E-state index contributed by atoms with van der Waals surface area (Å²) in [6, 6.07) is 17.9. The molecule has 0 radical (unpaired) electrons. The van der Waals surface area contributed by atoms with Crippen molar-refractivity contribution in [1.82, 2.24) is 0 Å². The SMILES string of the molecule is CCOc1ccc([C@@H]2C3=C(C[C@H](c4ccc(OC)c(OC)c4)CC3=O)Nc3cc4c(cc32)OCO4)cc1. The van der Waals surface area contributed by atoms with Crippen molar-refractivity contribution >= 4 is 11.5 Å². The van der Waals surface area contributed by atoms with E-state index in [4.69, 9.17) is 23.7 Å². The van der Waals surface area contributed by atoms with Gasteiger partial charge in [-0.2, -0.15) is 0 Å². The van der Waals surface area contributed by atoms with Crippen molar-refractivity contribution in [1.29, 1.82) is 0 Å². The number of benzene rings is 3. The molecule has 7 heteroatoms. The molecule has 0 spiro atoms. The summed E-state index contributed by atoms with van der Waals surface area (Å²) in [5.74, 6) is 3.50. The highest BCUT2D eigenvalue weighted by atomic mass is 16.7. The van der Waals surface area contributed by atoms with Gasteiger partial charge in [0.15, 0.2) is 28.8 Å². The molecule has 6 rings (SSSR count). The molecule has 3 aromatic carbocycles. The molecule has 0 aromatic heterocycles. The van der Waals surface area contributed by atoms with E-state index in [9.17, 15) is 4.79 Å². The van der Waals surface area contributed by atoms with Crippen molar-refractivity contribution in [2.45, 2.75) is 31.6 Å². The van der Waals surface area contributed by atoms with Crippen molar-refractivity contribution in [2.24, 2.45) is 0 Å². The molecule has 3 aromatic rings. The van der Waals surface area contributed by atoms with Crippen molar-refractivity contribution < 1.29 is 28.5 Å². The minimum atomic E-state index is -0.213. The lowest BCUT2D eigenvalue weighted by Crippen LogP contribution is -2.29. The van der Waals surface area contributed by atoms with Gasteiger partial charge >= 0.3 is 0 Å². The number of ether oxygens (including phenoxy) is 5. The highest BCUT2D eigenvalue weighted by molar-refractivity contribution is 6.02. The monoisotopic (exact) mass is 499 g/mol. The summed E-state index contributed by atoms with van der Waals surface area (Å²) in [7, 11) is 3.24. The number of allylic oxidation sites excluding steroid dienone is 2. The minimum absolute atomic E-state index is 0.0232. The second-order valence-corrected chi connectivity index (χ2v) is 9.39. The van der Waals surface area contributed by atoms with Gasteiger partial charge in [-0.25, -0.2) is 0 Å². The molecule has 1 aliphatic carbocycles. The van der Waals surface area contributed by atoms with E-state index in [0.29, 0.717) is 42.4 Å². The van der Waals surface area contributed by atoms with E-state index >= 15 is 0 Å². The molecule has 0 amide bonds. The number of Topliss-reactive ketones (excluding diaryl/α,β-unsaturated/α-hetero) is 1. The number of fused-ring (bicyclic) bond motifs is 2. The Morgan fingerprint density at radius 1 is 0.892 bits per heavy atom. The number of rotatable bonds is 6. The summed E-state index contributed by atoms with van der Waals surface area (Å²) in [5.41, 5.74) is 5.78. The average molecular weight is 500 g/mol. The molecule has 0 unspecified atom stereocenters. The van der Waals surface area contributed by atoms with Gasteiger partial charge in [-0.1, -0.05) is 18.2 Å². The van der Waals surface area contributed by atoms with Crippen molar-refractivity contribution in [3.05, 3.63) is 82.6 Å². The maximum atomic E-state index is 13.9. The number of methoxy groups -OCH3 is 2. The minimum Gasteiger partial charge on any atom is -0.494 e. The Morgan fingerprint density at radius 2 is 1.62 bits per heavy atom. The molecule has 190 valence electrons. The van der Waals surface area contributed by atoms with E-state index in [2.05, 4.69) is 5.32 Å². The summed E-state index contributed by atoms with van der Waals surface area (Å²) < 4.78 is 27.9. The average Bonchev–Trinajstić information content (AvgIpc) is 3.38. The van der Waals surface area contributed by atoms with Gasteiger partial charge in [0.1, 0.15) is 5.75 Å². The predicted molar refractivity (Wildman–Crippen MR) is 139 cm³/mol. The van der Waals surface area contributed by atoms with Gasteiger partial charge in [0.05, 0.1) is 20.8 Å². The number of carbonyl (C=O) groups excluding carboxylic acids is 1. The van der Waals surface area contributed by atoms with Crippen LogP contribution in [0, 0.1) is 0 Å². The first kappa shape index (κ1) is 23.3. The molecule has 37 heavy (non-hydrogen) atoms. The Bertz CT molecular complexity index is 1390. The van der Waals surface area contributed by atoms with Crippen LogP contribution in [0.3, 0.4) is 0 Å². The van der Waals surface area contributed by atoms with Crippen LogP contribution in [-0.4, -0.2) is 33.4 Å². The summed E-state index contributed by atoms with van der Waals surface area (Å²) in [4.78, 5) is 13.9. The van der Waals surface area contributed by atoms with Crippen LogP contribution in [0.1, 0.15) is 48.3 Å². The lowest BCUT2D eigenvalue weighted by Gasteiger charge is -2.37. The lowest BCUT2D eigenvalue weighted by atomic mass is 9.72. The Morgan fingerprint density at radius 3 is 2.35 bits per heavy atom. The molecular weight excluding hydrogens is 470 g/mol.